The molecule has 0 aliphatic carbocycles. The van der Waals surface area contributed by atoms with Gasteiger partial charge in [0.2, 0.25) is 0 Å². The zero-order valence-corrected chi connectivity index (χ0v) is 13.7. The number of hydrogen-bond donors (Lipinski definition) is 0. The molecule has 5 nitrogen and oxygen atoms in total. The van der Waals surface area contributed by atoms with Crippen LogP contribution in [0.2, 0.25) is 0 Å². The first-order chi connectivity index (χ1) is 8.68. The highest BCUT2D eigenvalue weighted by atomic mass is 79.9. The number of carbonyl (C=O) groups excluding carboxylic acids is 2. The van der Waals surface area contributed by atoms with Gasteiger partial charge in [-0.15, -0.1) is 0 Å². The zero-order chi connectivity index (χ0) is 14.7. The van der Waals surface area contributed by atoms with E-state index in [1.807, 2.05) is 20.8 Å². The van der Waals surface area contributed by atoms with Gasteiger partial charge in [-0.25, -0.2) is 4.79 Å². The largest absolute Gasteiger partial charge is 0.448 e. The molecule has 1 amide bonds. The van der Waals surface area contributed by atoms with Gasteiger partial charge in [-0.05, 0) is 33.6 Å². The summed E-state index contributed by atoms with van der Waals surface area (Å²) in [6.07, 6.45) is 0.594. The number of halogens is 2. The Morgan fingerprint density at radius 3 is 2.26 bits per heavy atom. The molecule has 1 heterocycles. The fourth-order valence-corrected chi connectivity index (χ4v) is 2.32. The SMILES string of the molecule is CC(C)(C)OC(=O)N1CCC(Br)(C(=O)OCCl)CC1. The van der Waals surface area contributed by atoms with Crippen LogP contribution in [0.15, 0.2) is 0 Å². The Balaban J connectivity index is 2.53. The van der Waals surface area contributed by atoms with E-state index in [9.17, 15) is 9.59 Å². The van der Waals surface area contributed by atoms with E-state index in [0.29, 0.717) is 25.9 Å². The maximum absolute atomic E-state index is 11.9. The molecule has 0 N–H and O–H groups in total. The van der Waals surface area contributed by atoms with E-state index in [2.05, 4.69) is 15.9 Å². The van der Waals surface area contributed by atoms with Gasteiger partial charge in [-0.2, -0.15) is 0 Å². The maximum Gasteiger partial charge on any atom is 0.410 e. The van der Waals surface area contributed by atoms with Gasteiger partial charge in [-0.1, -0.05) is 27.5 Å². The number of alkyl halides is 2. The molecule has 1 rings (SSSR count). The van der Waals surface area contributed by atoms with Crippen molar-refractivity contribution in [2.45, 2.75) is 43.5 Å². The van der Waals surface area contributed by atoms with Crippen LogP contribution in [0, 0.1) is 0 Å². The first kappa shape index (κ1) is 16.6. The highest BCUT2D eigenvalue weighted by molar-refractivity contribution is 9.10. The van der Waals surface area contributed by atoms with Gasteiger partial charge in [0.1, 0.15) is 9.93 Å². The van der Waals surface area contributed by atoms with Crippen molar-refractivity contribution in [2.24, 2.45) is 0 Å². The number of nitrogens with zero attached hydrogens (tertiary/aromatic N) is 1. The van der Waals surface area contributed by atoms with Crippen molar-refractivity contribution in [1.82, 2.24) is 4.90 Å². The molecule has 0 unspecified atom stereocenters. The van der Waals surface area contributed by atoms with Crippen molar-refractivity contribution in [2.75, 3.05) is 19.2 Å². The minimum Gasteiger partial charge on any atom is -0.448 e. The number of rotatable bonds is 2. The van der Waals surface area contributed by atoms with Crippen molar-refractivity contribution in [3.05, 3.63) is 0 Å². The van der Waals surface area contributed by atoms with Gasteiger partial charge < -0.3 is 14.4 Å². The average Bonchev–Trinajstić information content (AvgIpc) is 2.27. The smallest absolute Gasteiger partial charge is 0.410 e. The predicted octanol–water partition coefficient (Wildman–Crippen LogP) is 2.89. The van der Waals surface area contributed by atoms with Crippen molar-refractivity contribution in [3.8, 4) is 0 Å². The summed E-state index contributed by atoms with van der Waals surface area (Å²) in [4.78, 5) is 25.2. The lowest BCUT2D eigenvalue weighted by Crippen LogP contribution is -2.49. The summed E-state index contributed by atoms with van der Waals surface area (Å²) in [5, 5.41) is 0. The summed E-state index contributed by atoms with van der Waals surface area (Å²) < 4.78 is 9.34. The third-order valence-corrected chi connectivity index (χ3v) is 3.98. The molecule has 7 heteroatoms. The number of amides is 1. The Hall–Kier alpha value is -0.490. The first-order valence-corrected chi connectivity index (χ1v) is 7.41. The Morgan fingerprint density at radius 2 is 1.84 bits per heavy atom. The van der Waals surface area contributed by atoms with Crippen LogP contribution < -0.4 is 0 Å². The molecule has 0 radical (unpaired) electrons. The van der Waals surface area contributed by atoms with E-state index in [4.69, 9.17) is 21.1 Å². The van der Waals surface area contributed by atoms with Gasteiger partial charge in [-0.3, -0.25) is 4.79 Å². The molecule has 0 atom stereocenters. The molecule has 1 aliphatic rings. The molecule has 0 aromatic rings. The van der Waals surface area contributed by atoms with Crippen LogP contribution in [0.4, 0.5) is 4.79 Å². The number of ether oxygens (including phenoxy) is 2. The molecule has 1 aliphatic heterocycles. The Morgan fingerprint density at radius 1 is 1.32 bits per heavy atom. The quantitative estimate of drug-likeness (QED) is 0.564. The Labute approximate surface area is 126 Å². The molecule has 0 saturated carbocycles. The molecule has 110 valence electrons. The van der Waals surface area contributed by atoms with Crippen molar-refractivity contribution >= 4 is 39.6 Å². The van der Waals surface area contributed by atoms with Gasteiger partial charge in [0.15, 0.2) is 6.07 Å². The van der Waals surface area contributed by atoms with E-state index >= 15 is 0 Å². The van der Waals surface area contributed by atoms with Crippen LogP contribution in [-0.4, -0.2) is 46.0 Å². The average molecular weight is 357 g/mol. The third-order valence-electron chi connectivity index (χ3n) is 2.76. The summed E-state index contributed by atoms with van der Waals surface area (Å²) in [6, 6.07) is -0.165. The van der Waals surface area contributed by atoms with Gasteiger partial charge in [0.25, 0.3) is 0 Å². The van der Waals surface area contributed by atoms with E-state index in [-0.39, 0.29) is 18.1 Å². The van der Waals surface area contributed by atoms with Crippen LogP contribution in [-0.2, 0) is 14.3 Å². The number of esters is 1. The second-order valence-corrected chi connectivity index (χ2v) is 7.21. The van der Waals surface area contributed by atoms with E-state index < -0.39 is 9.93 Å². The normalized spacial score (nSPS) is 18.9. The summed E-state index contributed by atoms with van der Waals surface area (Å²) >= 11 is 8.77. The number of likely N-dealkylation sites (tertiary alicyclic amines) is 1. The van der Waals surface area contributed by atoms with Gasteiger partial charge in [0, 0.05) is 13.1 Å². The molecule has 0 aromatic carbocycles. The minimum absolute atomic E-state index is 0.165. The maximum atomic E-state index is 11.9. The molecule has 0 aromatic heterocycles. The summed E-state index contributed by atoms with van der Waals surface area (Å²) in [6.45, 7) is 6.35. The topological polar surface area (TPSA) is 55.8 Å². The van der Waals surface area contributed by atoms with Crippen LogP contribution >= 0.6 is 27.5 Å². The lowest BCUT2D eigenvalue weighted by Gasteiger charge is -2.36. The molecule has 0 spiro atoms. The highest BCUT2D eigenvalue weighted by Crippen LogP contribution is 2.33. The molecular formula is C12H19BrClNO4. The summed E-state index contributed by atoms with van der Waals surface area (Å²) in [7, 11) is 0. The second-order valence-electron chi connectivity index (χ2n) is 5.47. The standard InChI is InChI=1S/C12H19BrClNO4/c1-11(2,3)19-10(17)15-6-4-12(13,5-7-15)9(16)18-8-14/h4-8H2,1-3H3. The summed E-state index contributed by atoms with van der Waals surface area (Å²) in [5.41, 5.74) is -0.516. The zero-order valence-electron chi connectivity index (χ0n) is 11.4. The van der Waals surface area contributed by atoms with E-state index in [1.165, 1.54) is 0 Å². The second kappa shape index (κ2) is 6.31. The minimum atomic E-state index is -0.750. The fraction of sp³-hybridized carbons (Fsp3) is 0.833. The van der Waals surface area contributed by atoms with Crippen molar-refractivity contribution in [1.29, 1.82) is 0 Å². The monoisotopic (exact) mass is 355 g/mol. The first-order valence-electron chi connectivity index (χ1n) is 6.08. The van der Waals surface area contributed by atoms with Crippen LogP contribution in [0.5, 0.6) is 0 Å². The molecule has 1 fully saturated rings. The number of piperidine rings is 1. The van der Waals surface area contributed by atoms with Crippen LogP contribution in [0.25, 0.3) is 0 Å². The predicted molar refractivity (Wildman–Crippen MR) is 75.5 cm³/mol. The fourth-order valence-electron chi connectivity index (χ4n) is 1.75. The van der Waals surface area contributed by atoms with Crippen LogP contribution in [0.3, 0.4) is 0 Å². The lowest BCUT2D eigenvalue weighted by atomic mass is 9.97. The molecule has 1 saturated heterocycles. The lowest BCUT2D eigenvalue weighted by molar-refractivity contribution is -0.145. The van der Waals surface area contributed by atoms with Crippen LogP contribution in [0.1, 0.15) is 33.6 Å². The van der Waals surface area contributed by atoms with E-state index in [0.717, 1.165) is 0 Å². The molecule has 19 heavy (non-hydrogen) atoms. The van der Waals surface area contributed by atoms with E-state index in [1.54, 1.807) is 4.90 Å². The number of hydrogen-bond acceptors (Lipinski definition) is 4. The Kier molecular flexibility index (Phi) is 5.50. The van der Waals surface area contributed by atoms with Gasteiger partial charge in [0.05, 0.1) is 0 Å². The summed E-state index contributed by atoms with van der Waals surface area (Å²) in [5.74, 6) is -0.383. The third kappa shape index (κ3) is 4.84. The molecular weight excluding hydrogens is 337 g/mol. The Bertz CT molecular complexity index is 348. The van der Waals surface area contributed by atoms with Crippen molar-refractivity contribution in [3.63, 3.8) is 0 Å². The highest BCUT2D eigenvalue weighted by Gasteiger charge is 2.42. The molecule has 0 bridgehead atoms. The van der Waals surface area contributed by atoms with Crippen molar-refractivity contribution < 1.29 is 19.1 Å². The van der Waals surface area contributed by atoms with Gasteiger partial charge >= 0.3 is 12.1 Å². The number of carbonyl (C=O) groups is 2.